The van der Waals surface area contributed by atoms with Crippen molar-refractivity contribution < 1.29 is 0 Å². The molecule has 1 aliphatic rings. The van der Waals surface area contributed by atoms with Crippen LogP contribution in [-0.4, -0.2) is 35.7 Å². The van der Waals surface area contributed by atoms with Crippen LogP contribution in [-0.2, 0) is 0 Å². The van der Waals surface area contributed by atoms with Gasteiger partial charge in [0.25, 0.3) is 0 Å². The lowest BCUT2D eigenvalue weighted by Crippen LogP contribution is -2.59. The van der Waals surface area contributed by atoms with Gasteiger partial charge in [-0.15, -0.1) is 0 Å². The molecule has 0 amide bonds. The molecule has 0 aromatic heterocycles. The largest absolute Gasteiger partial charge is 0.247 e. The fourth-order valence-corrected chi connectivity index (χ4v) is 3.24. The minimum Gasteiger partial charge on any atom is -0.247 e. The van der Waals surface area contributed by atoms with Gasteiger partial charge in [0.15, 0.2) is 0 Å². The number of piperidine rings is 1. The van der Waals surface area contributed by atoms with Crippen molar-refractivity contribution in [2.45, 2.75) is 52.1 Å². The Balaban J connectivity index is 2.79. The monoisotopic (exact) mass is 184 g/mol. The normalized spacial score (nSPS) is 35.3. The van der Waals surface area contributed by atoms with Crippen molar-refractivity contribution in [1.82, 2.24) is 10.0 Å². The van der Waals surface area contributed by atoms with Gasteiger partial charge in [0.2, 0.25) is 0 Å². The molecule has 0 spiro atoms. The predicted octanol–water partition coefficient (Wildman–Crippen LogP) is 2.36. The number of rotatable bonds is 1. The van der Waals surface area contributed by atoms with E-state index in [0.717, 1.165) is 5.92 Å². The summed E-state index contributed by atoms with van der Waals surface area (Å²) in [7, 11) is 4.29. The highest BCUT2D eigenvalue weighted by Gasteiger charge is 2.38. The van der Waals surface area contributed by atoms with Gasteiger partial charge in [-0.25, -0.2) is 10.0 Å². The highest BCUT2D eigenvalue weighted by atomic mass is 15.6. The minimum atomic E-state index is 0.320. The summed E-state index contributed by atoms with van der Waals surface area (Å²) in [5, 5.41) is 4.75. The molecule has 1 saturated heterocycles. The summed E-state index contributed by atoms with van der Waals surface area (Å²) < 4.78 is 0. The Morgan fingerprint density at radius 3 is 2.15 bits per heavy atom. The molecule has 0 saturated carbocycles. The second-order valence-electron chi connectivity index (χ2n) is 5.40. The first kappa shape index (κ1) is 11.0. The van der Waals surface area contributed by atoms with Gasteiger partial charge in [0.1, 0.15) is 0 Å². The Morgan fingerprint density at radius 2 is 1.77 bits per heavy atom. The smallest absolute Gasteiger partial charge is 0.0305 e. The van der Waals surface area contributed by atoms with Gasteiger partial charge >= 0.3 is 0 Å². The van der Waals surface area contributed by atoms with Crippen molar-refractivity contribution in [2.75, 3.05) is 14.1 Å². The number of hydrogen-bond acceptors (Lipinski definition) is 2. The first-order chi connectivity index (χ1) is 5.84. The maximum absolute atomic E-state index is 2.51. The second kappa shape index (κ2) is 3.58. The third-order valence-corrected chi connectivity index (χ3v) is 3.06. The zero-order valence-corrected chi connectivity index (χ0v) is 9.96. The van der Waals surface area contributed by atoms with Crippen LogP contribution in [0.1, 0.15) is 40.5 Å². The molecule has 1 rings (SSSR count). The van der Waals surface area contributed by atoms with Crippen molar-refractivity contribution in [3.63, 3.8) is 0 Å². The third-order valence-electron chi connectivity index (χ3n) is 3.06. The maximum atomic E-state index is 2.51. The molecule has 2 nitrogen and oxygen atoms in total. The molecule has 0 aliphatic carbocycles. The van der Waals surface area contributed by atoms with Crippen LogP contribution in [0.15, 0.2) is 0 Å². The van der Waals surface area contributed by atoms with Crippen LogP contribution >= 0.6 is 0 Å². The zero-order valence-electron chi connectivity index (χ0n) is 9.96. The lowest BCUT2D eigenvalue weighted by atomic mass is 9.81. The third kappa shape index (κ3) is 2.23. The molecule has 0 radical (unpaired) electrons. The molecule has 0 aromatic rings. The molecule has 1 aliphatic heterocycles. The van der Waals surface area contributed by atoms with Gasteiger partial charge in [-0.1, -0.05) is 6.92 Å². The van der Waals surface area contributed by atoms with Gasteiger partial charge in [-0.2, -0.15) is 0 Å². The quantitative estimate of drug-likeness (QED) is 0.617. The molecule has 2 unspecified atom stereocenters. The van der Waals surface area contributed by atoms with E-state index in [1.807, 2.05) is 0 Å². The van der Waals surface area contributed by atoms with Gasteiger partial charge in [-0.3, -0.25) is 0 Å². The van der Waals surface area contributed by atoms with E-state index in [4.69, 9.17) is 0 Å². The molecule has 2 heteroatoms. The standard InChI is InChI=1S/C11H24N2/c1-9-7-10(2)13(12(5)6)11(3,4)8-9/h9-10H,7-8H2,1-6H3. The van der Waals surface area contributed by atoms with Crippen LogP contribution in [0.4, 0.5) is 0 Å². The van der Waals surface area contributed by atoms with E-state index in [1.165, 1.54) is 12.8 Å². The van der Waals surface area contributed by atoms with Crippen molar-refractivity contribution in [1.29, 1.82) is 0 Å². The van der Waals surface area contributed by atoms with Gasteiger partial charge in [-0.05, 0) is 39.5 Å². The molecule has 0 N–H and O–H groups in total. The number of hydrogen-bond donors (Lipinski definition) is 0. The summed E-state index contributed by atoms with van der Waals surface area (Å²) in [5.41, 5.74) is 0.320. The van der Waals surface area contributed by atoms with E-state index in [-0.39, 0.29) is 0 Å². The Labute approximate surface area is 82.9 Å². The Bertz CT molecular complexity index is 175. The van der Waals surface area contributed by atoms with E-state index >= 15 is 0 Å². The molecule has 1 heterocycles. The highest BCUT2D eigenvalue weighted by Crippen LogP contribution is 2.35. The van der Waals surface area contributed by atoms with E-state index in [1.54, 1.807) is 0 Å². The van der Waals surface area contributed by atoms with Crippen LogP contribution in [0.5, 0.6) is 0 Å². The highest BCUT2D eigenvalue weighted by molar-refractivity contribution is 4.90. The first-order valence-electron chi connectivity index (χ1n) is 5.31. The lowest BCUT2D eigenvalue weighted by Gasteiger charge is -2.51. The molecule has 0 bridgehead atoms. The molecule has 1 fully saturated rings. The van der Waals surface area contributed by atoms with E-state index in [0.29, 0.717) is 11.6 Å². The van der Waals surface area contributed by atoms with Crippen LogP contribution in [0, 0.1) is 5.92 Å². The summed E-state index contributed by atoms with van der Waals surface area (Å²) >= 11 is 0. The fraction of sp³-hybridized carbons (Fsp3) is 1.00. The summed E-state index contributed by atoms with van der Waals surface area (Å²) in [6.07, 6.45) is 2.62. The Hall–Kier alpha value is -0.0800. The van der Waals surface area contributed by atoms with E-state index < -0.39 is 0 Å². The molecular formula is C11H24N2. The molecule has 2 atom stereocenters. The minimum absolute atomic E-state index is 0.320. The average molecular weight is 184 g/mol. The fourth-order valence-electron chi connectivity index (χ4n) is 3.24. The molecule has 78 valence electrons. The van der Waals surface area contributed by atoms with Gasteiger partial charge < -0.3 is 0 Å². The zero-order chi connectivity index (χ0) is 10.2. The van der Waals surface area contributed by atoms with Crippen LogP contribution in [0.25, 0.3) is 0 Å². The van der Waals surface area contributed by atoms with Gasteiger partial charge in [0, 0.05) is 25.7 Å². The second-order valence-corrected chi connectivity index (χ2v) is 5.40. The Kier molecular flexibility index (Phi) is 3.03. The topological polar surface area (TPSA) is 6.48 Å². The SMILES string of the molecule is CC1CC(C)N(N(C)C)C(C)(C)C1. The number of nitrogens with zero attached hydrogens (tertiary/aromatic N) is 2. The maximum Gasteiger partial charge on any atom is 0.0305 e. The summed E-state index contributed by atoms with van der Waals surface area (Å²) in [5.74, 6) is 0.862. The van der Waals surface area contributed by atoms with Crippen molar-refractivity contribution in [2.24, 2.45) is 5.92 Å². The summed E-state index contributed by atoms with van der Waals surface area (Å²) in [4.78, 5) is 0. The average Bonchev–Trinajstić information content (AvgIpc) is 1.78. The van der Waals surface area contributed by atoms with Gasteiger partial charge in [0.05, 0.1) is 0 Å². The van der Waals surface area contributed by atoms with Crippen LogP contribution in [0.3, 0.4) is 0 Å². The predicted molar refractivity (Wildman–Crippen MR) is 57.5 cm³/mol. The Morgan fingerprint density at radius 1 is 1.23 bits per heavy atom. The molecular weight excluding hydrogens is 160 g/mol. The molecule has 0 aromatic carbocycles. The number of hydrazine groups is 1. The van der Waals surface area contributed by atoms with E-state index in [2.05, 4.69) is 51.8 Å². The summed E-state index contributed by atoms with van der Waals surface area (Å²) in [6.45, 7) is 9.39. The molecule has 13 heavy (non-hydrogen) atoms. The first-order valence-corrected chi connectivity index (χ1v) is 5.31. The van der Waals surface area contributed by atoms with Crippen molar-refractivity contribution in [3.8, 4) is 0 Å². The van der Waals surface area contributed by atoms with Crippen LogP contribution in [0.2, 0.25) is 0 Å². The van der Waals surface area contributed by atoms with E-state index in [9.17, 15) is 0 Å². The summed E-state index contributed by atoms with van der Waals surface area (Å²) in [6, 6.07) is 0.675. The van der Waals surface area contributed by atoms with Crippen LogP contribution < -0.4 is 0 Å². The van der Waals surface area contributed by atoms with Crippen molar-refractivity contribution >= 4 is 0 Å². The lowest BCUT2D eigenvalue weighted by molar-refractivity contribution is -0.128. The van der Waals surface area contributed by atoms with Crippen molar-refractivity contribution in [3.05, 3.63) is 0 Å².